The van der Waals surface area contributed by atoms with Crippen molar-refractivity contribution >= 4 is 5.70 Å². The van der Waals surface area contributed by atoms with Gasteiger partial charge in [-0.15, -0.1) is 0 Å². The first-order valence-corrected chi connectivity index (χ1v) is 9.04. The lowest BCUT2D eigenvalue weighted by atomic mass is 10.0. The smallest absolute Gasteiger partial charge is 0.0448 e. The molecular formula is C23H31N. The molecule has 0 fully saturated rings. The Morgan fingerprint density at radius 1 is 0.958 bits per heavy atom. The summed E-state index contributed by atoms with van der Waals surface area (Å²) in [6, 6.07) is 21.0. The van der Waals surface area contributed by atoms with E-state index >= 15 is 0 Å². The molecule has 0 radical (unpaired) electrons. The van der Waals surface area contributed by atoms with Crippen molar-refractivity contribution in [2.75, 3.05) is 0 Å². The molecule has 128 valence electrons. The number of nitrogens with one attached hydrogen (secondary N) is 1. The standard InChI is InChI=1S/C21H25N.C2H6/c1-3-5-14-19(4-2)21(20-15-10-7-11-16-20)22-17-18-12-8-6-9-13-18;1-2/h4,6-13,15-16,22H,2-3,5,14,17H2,1H3;1-2H3/b21-19+;. The van der Waals surface area contributed by atoms with E-state index < -0.39 is 0 Å². The van der Waals surface area contributed by atoms with E-state index in [-0.39, 0.29) is 0 Å². The molecule has 0 saturated carbocycles. The first kappa shape index (κ1) is 19.8. The molecule has 0 atom stereocenters. The van der Waals surface area contributed by atoms with Crippen molar-refractivity contribution in [3.05, 3.63) is 90.0 Å². The van der Waals surface area contributed by atoms with Crippen LogP contribution in [0.4, 0.5) is 0 Å². The van der Waals surface area contributed by atoms with Gasteiger partial charge < -0.3 is 5.32 Å². The molecule has 0 aliphatic rings. The van der Waals surface area contributed by atoms with Gasteiger partial charge in [-0.1, -0.05) is 101 Å². The molecule has 0 amide bonds. The van der Waals surface area contributed by atoms with Crippen molar-refractivity contribution in [1.82, 2.24) is 5.32 Å². The average Bonchev–Trinajstić information content (AvgIpc) is 2.67. The molecule has 0 unspecified atom stereocenters. The fourth-order valence-corrected chi connectivity index (χ4v) is 2.49. The minimum Gasteiger partial charge on any atom is -0.380 e. The van der Waals surface area contributed by atoms with Gasteiger partial charge in [-0.25, -0.2) is 0 Å². The van der Waals surface area contributed by atoms with Gasteiger partial charge in [0.15, 0.2) is 0 Å². The summed E-state index contributed by atoms with van der Waals surface area (Å²) in [6.45, 7) is 11.1. The van der Waals surface area contributed by atoms with E-state index in [2.05, 4.69) is 73.4 Å². The van der Waals surface area contributed by atoms with E-state index in [0.29, 0.717) is 0 Å². The largest absolute Gasteiger partial charge is 0.380 e. The van der Waals surface area contributed by atoms with Crippen molar-refractivity contribution < 1.29 is 0 Å². The summed E-state index contributed by atoms with van der Waals surface area (Å²) in [5, 5.41) is 3.62. The summed E-state index contributed by atoms with van der Waals surface area (Å²) >= 11 is 0. The molecule has 0 spiro atoms. The zero-order valence-corrected chi connectivity index (χ0v) is 15.4. The van der Waals surface area contributed by atoms with E-state index in [9.17, 15) is 0 Å². The third kappa shape index (κ3) is 6.45. The van der Waals surface area contributed by atoms with Crippen molar-refractivity contribution in [3.8, 4) is 0 Å². The summed E-state index contributed by atoms with van der Waals surface area (Å²) in [5.41, 5.74) is 5.01. The summed E-state index contributed by atoms with van der Waals surface area (Å²) < 4.78 is 0. The molecule has 24 heavy (non-hydrogen) atoms. The second-order valence-corrected chi connectivity index (χ2v) is 5.41. The van der Waals surface area contributed by atoms with Crippen LogP contribution in [-0.2, 0) is 6.54 Å². The fourth-order valence-electron chi connectivity index (χ4n) is 2.49. The molecule has 0 aliphatic carbocycles. The van der Waals surface area contributed by atoms with Crippen LogP contribution in [0, 0.1) is 0 Å². The Bertz CT molecular complexity index is 596. The van der Waals surface area contributed by atoms with E-state index in [1.54, 1.807) is 0 Å². The van der Waals surface area contributed by atoms with Crippen LogP contribution in [0.3, 0.4) is 0 Å². The minimum absolute atomic E-state index is 0.828. The highest BCUT2D eigenvalue weighted by Crippen LogP contribution is 2.21. The molecule has 1 heteroatoms. The molecule has 0 aliphatic heterocycles. The fraction of sp³-hybridized carbons (Fsp3) is 0.304. The maximum atomic E-state index is 4.02. The van der Waals surface area contributed by atoms with Gasteiger partial charge in [-0.05, 0) is 29.5 Å². The van der Waals surface area contributed by atoms with Crippen LogP contribution in [0.5, 0.6) is 0 Å². The van der Waals surface area contributed by atoms with E-state index in [1.807, 2.05) is 26.0 Å². The van der Waals surface area contributed by atoms with Gasteiger partial charge in [0.25, 0.3) is 0 Å². The molecule has 0 heterocycles. The highest BCUT2D eigenvalue weighted by Gasteiger charge is 2.07. The lowest BCUT2D eigenvalue weighted by Gasteiger charge is -2.16. The Hall–Kier alpha value is -2.28. The molecule has 0 saturated heterocycles. The molecule has 1 N–H and O–H groups in total. The topological polar surface area (TPSA) is 12.0 Å². The van der Waals surface area contributed by atoms with Gasteiger partial charge in [-0.2, -0.15) is 0 Å². The normalized spacial score (nSPS) is 11.0. The average molecular weight is 322 g/mol. The number of hydrogen-bond acceptors (Lipinski definition) is 1. The molecule has 0 bridgehead atoms. The predicted molar refractivity (Wildman–Crippen MR) is 108 cm³/mol. The molecule has 2 aromatic carbocycles. The molecule has 2 rings (SSSR count). The SMILES string of the molecule is C=C/C(CCCC)=C(\NCc1ccccc1)c1ccccc1.CC. The first-order chi connectivity index (χ1) is 11.8. The van der Waals surface area contributed by atoms with Gasteiger partial charge in [0.1, 0.15) is 0 Å². The summed E-state index contributed by atoms with van der Waals surface area (Å²) in [6.07, 6.45) is 5.44. The Morgan fingerprint density at radius 3 is 2.08 bits per heavy atom. The van der Waals surface area contributed by atoms with Gasteiger partial charge in [-0.3, -0.25) is 0 Å². The number of unbranched alkanes of at least 4 members (excludes halogenated alkanes) is 1. The number of rotatable bonds is 8. The zero-order chi connectivity index (χ0) is 17.6. The summed E-state index contributed by atoms with van der Waals surface area (Å²) in [7, 11) is 0. The van der Waals surface area contributed by atoms with Gasteiger partial charge in [0, 0.05) is 12.2 Å². The van der Waals surface area contributed by atoms with Gasteiger partial charge >= 0.3 is 0 Å². The van der Waals surface area contributed by atoms with Crippen LogP contribution in [0.15, 0.2) is 78.9 Å². The van der Waals surface area contributed by atoms with Crippen LogP contribution in [-0.4, -0.2) is 0 Å². The van der Waals surface area contributed by atoms with Crippen molar-refractivity contribution in [2.45, 2.75) is 46.6 Å². The second kappa shape index (κ2) is 12.2. The maximum Gasteiger partial charge on any atom is 0.0448 e. The van der Waals surface area contributed by atoms with Crippen LogP contribution in [0.2, 0.25) is 0 Å². The zero-order valence-electron chi connectivity index (χ0n) is 15.4. The number of hydrogen-bond donors (Lipinski definition) is 1. The van der Waals surface area contributed by atoms with E-state index in [4.69, 9.17) is 0 Å². The van der Waals surface area contributed by atoms with Crippen LogP contribution < -0.4 is 5.32 Å². The maximum absolute atomic E-state index is 4.02. The van der Waals surface area contributed by atoms with Crippen molar-refractivity contribution in [1.29, 1.82) is 0 Å². The van der Waals surface area contributed by atoms with E-state index in [0.717, 1.165) is 13.0 Å². The Balaban J connectivity index is 0.00000139. The van der Waals surface area contributed by atoms with Crippen molar-refractivity contribution in [3.63, 3.8) is 0 Å². The Morgan fingerprint density at radius 2 is 1.54 bits per heavy atom. The predicted octanol–water partition coefficient (Wildman–Crippen LogP) is 6.59. The Labute approximate surface area is 148 Å². The number of benzene rings is 2. The highest BCUT2D eigenvalue weighted by molar-refractivity contribution is 5.69. The quantitative estimate of drug-likeness (QED) is 0.541. The van der Waals surface area contributed by atoms with Gasteiger partial charge in [0.05, 0.1) is 0 Å². The Kier molecular flexibility index (Phi) is 10.0. The van der Waals surface area contributed by atoms with Crippen LogP contribution in [0.1, 0.15) is 51.2 Å². The molecule has 2 aromatic rings. The molecule has 1 nitrogen and oxygen atoms in total. The van der Waals surface area contributed by atoms with Crippen LogP contribution >= 0.6 is 0 Å². The monoisotopic (exact) mass is 321 g/mol. The minimum atomic E-state index is 0.828. The molecular weight excluding hydrogens is 290 g/mol. The lowest BCUT2D eigenvalue weighted by molar-refractivity contribution is 0.789. The van der Waals surface area contributed by atoms with E-state index in [1.165, 1.54) is 35.2 Å². The van der Waals surface area contributed by atoms with Crippen LogP contribution in [0.25, 0.3) is 5.70 Å². The third-order valence-electron chi connectivity index (χ3n) is 3.74. The third-order valence-corrected chi connectivity index (χ3v) is 3.74. The second-order valence-electron chi connectivity index (χ2n) is 5.41. The summed E-state index contributed by atoms with van der Waals surface area (Å²) in [4.78, 5) is 0. The highest BCUT2D eigenvalue weighted by atomic mass is 14.9. The molecule has 0 aromatic heterocycles. The van der Waals surface area contributed by atoms with Gasteiger partial charge in [0.2, 0.25) is 0 Å². The lowest BCUT2D eigenvalue weighted by Crippen LogP contribution is -2.14. The van der Waals surface area contributed by atoms with Crippen molar-refractivity contribution in [2.24, 2.45) is 0 Å². The summed E-state index contributed by atoms with van der Waals surface area (Å²) in [5.74, 6) is 0. The first-order valence-electron chi connectivity index (χ1n) is 9.04. The number of allylic oxidation sites excluding steroid dienone is 2.